The van der Waals surface area contributed by atoms with Crippen molar-refractivity contribution in [3.05, 3.63) is 48.9 Å². The Labute approximate surface area is 101 Å². The number of hydrogen-bond donors (Lipinski definition) is 1. The second-order valence-corrected chi connectivity index (χ2v) is 3.34. The minimum Gasteiger partial charge on any atom is -0.489 e. The minimum absolute atomic E-state index is 0.243. The Morgan fingerprint density at radius 3 is 2.82 bits per heavy atom. The lowest BCUT2D eigenvalue weighted by atomic mass is 10.2. The van der Waals surface area contributed by atoms with E-state index in [1.54, 1.807) is 31.2 Å². The largest absolute Gasteiger partial charge is 0.489 e. The highest BCUT2D eigenvalue weighted by Gasteiger charge is 2.27. The van der Waals surface area contributed by atoms with E-state index < -0.39 is 6.04 Å². The van der Waals surface area contributed by atoms with Gasteiger partial charge in [0.1, 0.15) is 12.4 Å². The molecule has 0 bridgehead atoms. The van der Waals surface area contributed by atoms with Crippen molar-refractivity contribution in [3.63, 3.8) is 0 Å². The van der Waals surface area contributed by atoms with E-state index in [9.17, 15) is 4.79 Å². The van der Waals surface area contributed by atoms with Crippen LogP contribution in [0.15, 0.2) is 48.9 Å². The molecule has 0 aromatic heterocycles. The molecule has 1 aliphatic rings. The molecule has 1 saturated heterocycles. The van der Waals surface area contributed by atoms with Crippen LogP contribution in [0, 0.1) is 0 Å². The van der Waals surface area contributed by atoms with Gasteiger partial charge in [-0.25, -0.2) is 4.79 Å². The molecule has 17 heavy (non-hydrogen) atoms. The standard InChI is InChI=1S/C13H17NO3/c1-4-7-10-12(8-5-2)17-9-11(14-10)13(15)16-6-3/h4-5,7-8,11,14H,1-2,6,9H2,3H3/b10-7+,12-8+. The summed E-state index contributed by atoms with van der Waals surface area (Å²) in [5.74, 6) is 0.320. The first kappa shape index (κ1) is 13.1. The maximum absolute atomic E-state index is 11.6. The predicted octanol–water partition coefficient (Wildman–Crippen LogP) is 1.68. The van der Waals surface area contributed by atoms with Crippen LogP contribution < -0.4 is 5.32 Å². The topological polar surface area (TPSA) is 47.6 Å². The molecule has 1 atom stereocenters. The van der Waals surface area contributed by atoms with E-state index in [1.165, 1.54) is 0 Å². The second-order valence-electron chi connectivity index (χ2n) is 3.34. The van der Waals surface area contributed by atoms with Crippen molar-refractivity contribution < 1.29 is 14.3 Å². The number of allylic oxidation sites excluding steroid dienone is 4. The summed E-state index contributed by atoms with van der Waals surface area (Å²) < 4.78 is 10.4. The third kappa shape index (κ3) is 3.52. The van der Waals surface area contributed by atoms with Crippen LogP contribution in [0.5, 0.6) is 0 Å². The van der Waals surface area contributed by atoms with Gasteiger partial charge in [-0.1, -0.05) is 25.3 Å². The average molecular weight is 235 g/mol. The Bertz CT molecular complexity index is 369. The van der Waals surface area contributed by atoms with E-state index in [-0.39, 0.29) is 12.6 Å². The Morgan fingerprint density at radius 1 is 1.53 bits per heavy atom. The zero-order valence-corrected chi connectivity index (χ0v) is 9.94. The van der Waals surface area contributed by atoms with Crippen LogP contribution in [-0.4, -0.2) is 25.2 Å². The fourth-order valence-electron chi connectivity index (χ4n) is 1.41. The maximum Gasteiger partial charge on any atom is 0.332 e. The number of morpholine rings is 1. The molecule has 1 fully saturated rings. The molecule has 1 rings (SSSR count). The van der Waals surface area contributed by atoms with Gasteiger partial charge < -0.3 is 14.8 Å². The fraction of sp³-hybridized carbons (Fsp3) is 0.308. The molecule has 4 heteroatoms. The number of esters is 1. The molecule has 0 aromatic rings. The summed E-state index contributed by atoms with van der Waals surface area (Å²) in [6, 6.07) is -0.483. The highest BCUT2D eigenvalue weighted by atomic mass is 16.5. The Balaban J connectivity index is 2.79. The maximum atomic E-state index is 11.6. The minimum atomic E-state index is -0.483. The van der Waals surface area contributed by atoms with Crippen molar-refractivity contribution >= 4 is 5.97 Å². The van der Waals surface area contributed by atoms with Gasteiger partial charge >= 0.3 is 5.97 Å². The number of nitrogens with one attached hydrogen (secondary N) is 1. The second kappa shape index (κ2) is 6.58. The molecular formula is C13H17NO3. The molecule has 0 spiro atoms. The summed E-state index contributed by atoms with van der Waals surface area (Å²) in [4.78, 5) is 11.6. The summed E-state index contributed by atoms with van der Waals surface area (Å²) >= 11 is 0. The van der Waals surface area contributed by atoms with Crippen LogP contribution in [0.25, 0.3) is 0 Å². The molecule has 0 radical (unpaired) electrons. The summed E-state index contributed by atoms with van der Waals surface area (Å²) in [5.41, 5.74) is 0.698. The van der Waals surface area contributed by atoms with Crippen LogP contribution in [0.4, 0.5) is 0 Å². The van der Waals surface area contributed by atoms with Crippen molar-refractivity contribution in [3.8, 4) is 0 Å². The van der Waals surface area contributed by atoms with E-state index in [0.717, 1.165) is 0 Å². The molecule has 0 amide bonds. The highest BCUT2D eigenvalue weighted by molar-refractivity contribution is 5.76. The number of carbonyl (C=O) groups is 1. The van der Waals surface area contributed by atoms with Gasteiger partial charge in [0.25, 0.3) is 0 Å². The smallest absolute Gasteiger partial charge is 0.332 e. The fourth-order valence-corrected chi connectivity index (χ4v) is 1.41. The molecule has 0 saturated carbocycles. The van der Waals surface area contributed by atoms with Gasteiger partial charge in [-0.3, -0.25) is 0 Å². The van der Waals surface area contributed by atoms with E-state index >= 15 is 0 Å². The van der Waals surface area contributed by atoms with Crippen LogP contribution in [-0.2, 0) is 14.3 Å². The van der Waals surface area contributed by atoms with E-state index in [1.807, 2.05) is 0 Å². The zero-order chi connectivity index (χ0) is 12.7. The van der Waals surface area contributed by atoms with Crippen LogP contribution in [0.3, 0.4) is 0 Å². The third-order valence-corrected chi connectivity index (χ3v) is 2.13. The van der Waals surface area contributed by atoms with E-state index in [4.69, 9.17) is 9.47 Å². The zero-order valence-electron chi connectivity index (χ0n) is 9.94. The SMILES string of the molecule is C=C/C=C1/NC(C(=O)OCC)CO/C1=C/C=C. The van der Waals surface area contributed by atoms with Crippen molar-refractivity contribution in [2.45, 2.75) is 13.0 Å². The summed E-state index contributed by atoms with van der Waals surface area (Å²) in [6.45, 7) is 9.58. The molecule has 1 heterocycles. The number of hydrogen-bond acceptors (Lipinski definition) is 4. The quantitative estimate of drug-likeness (QED) is 0.753. The van der Waals surface area contributed by atoms with Crippen LogP contribution in [0.2, 0.25) is 0 Å². The monoisotopic (exact) mass is 235 g/mol. The number of ether oxygens (including phenoxy) is 2. The first-order chi connectivity index (χ1) is 8.22. The lowest BCUT2D eigenvalue weighted by molar-refractivity contribution is -0.147. The number of rotatable bonds is 4. The lowest BCUT2D eigenvalue weighted by Crippen LogP contribution is -2.45. The molecule has 1 N–H and O–H groups in total. The van der Waals surface area contributed by atoms with Crippen molar-refractivity contribution in [1.29, 1.82) is 0 Å². The van der Waals surface area contributed by atoms with Gasteiger partial charge in [0.2, 0.25) is 0 Å². The molecule has 1 unspecified atom stereocenters. The first-order valence-electron chi connectivity index (χ1n) is 5.44. The third-order valence-electron chi connectivity index (χ3n) is 2.13. The Morgan fingerprint density at radius 2 is 2.24 bits per heavy atom. The normalized spacial score (nSPS) is 23.7. The van der Waals surface area contributed by atoms with Gasteiger partial charge in [-0.15, -0.1) is 0 Å². The molecule has 0 aromatic carbocycles. The lowest BCUT2D eigenvalue weighted by Gasteiger charge is -2.27. The van der Waals surface area contributed by atoms with Crippen molar-refractivity contribution in [2.75, 3.05) is 13.2 Å². The summed E-state index contributed by atoms with van der Waals surface area (Å²) in [6.07, 6.45) is 6.71. The van der Waals surface area contributed by atoms with Crippen LogP contribution in [0.1, 0.15) is 6.92 Å². The van der Waals surface area contributed by atoms with Gasteiger partial charge in [0.15, 0.2) is 6.04 Å². The Hall–Kier alpha value is -1.97. The van der Waals surface area contributed by atoms with Gasteiger partial charge in [0.05, 0.1) is 12.3 Å². The van der Waals surface area contributed by atoms with Gasteiger partial charge in [0, 0.05) is 0 Å². The van der Waals surface area contributed by atoms with E-state index in [2.05, 4.69) is 18.5 Å². The summed E-state index contributed by atoms with van der Waals surface area (Å²) in [5, 5.41) is 3.05. The van der Waals surface area contributed by atoms with E-state index in [0.29, 0.717) is 18.1 Å². The highest BCUT2D eigenvalue weighted by Crippen LogP contribution is 2.16. The van der Waals surface area contributed by atoms with Crippen molar-refractivity contribution in [2.24, 2.45) is 0 Å². The molecule has 0 aliphatic carbocycles. The summed E-state index contributed by atoms with van der Waals surface area (Å²) in [7, 11) is 0. The molecule has 92 valence electrons. The van der Waals surface area contributed by atoms with Gasteiger partial charge in [-0.2, -0.15) is 0 Å². The molecule has 1 aliphatic heterocycles. The Kier molecular flexibility index (Phi) is 5.07. The van der Waals surface area contributed by atoms with Crippen LogP contribution >= 0.6 is 0 Å². The molecular weight excluding hydrogens is 218 g/mol. The first-order valence-corrected chi connectivity index (χ1v) is 5.44. The van der Waals surface area contributed by atoms with Gasteiger partial charge in [-0.05, 0) is 19.1 Å². The molecule has 4 nitrogen and oxygen atoms in total. The average Bonchev–Trinajstić information content (AvgIpc) is 2.32. The number of carbonyl (C=O) groups excluding carboxylic acids is 1. The predicted molar refractivity (Wildman–Crippen MR) is 66.1 cm³/mol. The van der Waals surface area contributed by atoms with Crippen molar-refractivity contribution in [1.82, 2.24) is 5.32 Å².